The molecular weight excluding hydrogens is 580 g/mol. The van der Waals surface area contributed by atoms with Crippen molar-refractivity contribution in [3.05, 3.63) is 81.9 Å². The minimum Gasteiger partial charge on any atom is -0.453 e. The first-order valence-electron chi connectivity index (χ1n) is 13.6. The Labute approximate surface area is 242 Å². The molecule has 2 atom stereocenters. The van der Waals surface area contributed by atoms with Gasteiger partial charge in [-0.3, -0.25) is 14.5 Å². The number of nitrogens with one attached hydrogen (secondary N) is 3. The van der Waals surface area contributed by atoms with Gasteiger partial charge in [0.05, 0.1) is 18.2 Å². The van der Waals surface area contributed by atoms with Gasteiger partial charge in [-0.05, 0) is 42.8 Å². The average Bonchev–Trinajstić information content (AvgIpc) is 2.93. The fraction of sp³-hybridized carbons (Fsp3) is 0.414. The zero-order valence-corrected chi connectivity index (χ0v) is 23.0. The van der Waals surface area contributed by atoms with Crippen molar-refractivity contribution in [2.24, 2.45) is 0 Å². The molecule has 3 N–H and O–H groups in total. The molecule has 1 amide bonds. The summed E-state index contributed by atoms with van der Waals surface area (Å²) in [6, 6.07) is 5.75. The molecule has 1 saturated heterocycles. The largest absolute Gasteiger partial charge is 0.453 e. The topological polar surface area (TPSA) is 99.3 Å². The average molecular weight is 610 g/mol. The number of carbonyl (C=O) groups excluding carboxylic acids is 1. The number of likely N-dealkylation sites (tertiary alicyclic amines) is 1. The Morgan fingerprint density at radius 1 is 1.16 bits per heavy atom. The van der Waals surface area contributed by atoms with Gasteiger partial charge in [-0.2, -0.15) is 0 Å². The van der Waals surface area contributed by atoms with E-state index in [1.165, 1.54) is 30.6 Å². The zero-order valence-electron chi connectivity index (χ0n) is 23.0. The molecule has 1 saturated carbocycles. The molecule has 3 heterocycles. The third-order valence-electron chi connectivity index (χ3n) is 7.77. The highest BCUT2D eigenvalue weighted by Crippen LogP contribution is 2.41. The van der Waals surface area contributed by atoms with E-state index < -0.39 is 59.4 Å². The smallest absolute Gasteiger partial charge is 0.257 e. The lowest BCUT2D eigenvalue weighted by Crippen LogP contribution is -2.52. The summed E-state index contributed by atoms with van der Waals surface area (Å²) in [5.74, 6) is -9.26. The van der Waals surface area contributed by atoms with Crippen molar-refractivity contribution in [2.75, 3.05) is 18.4 Å². The number of benzene rings is 1. The molecule has 2 fully saturated rings. The molecule has 2 unspecified atom stereocenters. The predicted molar refractivity (Wildman–Crippen MR) is 145 cm³/mol. The number of alkyl halides is 4. The summed E-state index contributed by atoms with van der Waals surface area (Å²) in [5, 5.41) is 5.49. The molecule has 1 aliphatic heterocycles. The Bertz CT molecular complexity index is 1530. The van der Waals surface area contributed by atoms with Gasteiger partial charge in [0.2, 0.25) is 5.91 Å². The summed E-state index contributed by atoms with van der Waals surface area (Å²) in [7, 11) is 0. The van der Waals surface area contributed by atoms with E-state index in [0.29, 0.717) is 6.07 Å². The summed E-state index contributed by atoms with van der Waals surface area (Å²) in [6.07, 6.45) is 1.25. The quantitative estimate of drug-likeness (QED) is 0.290. The molecule has 3 aromatic rings. The maximum atomic E-state index is 15.1. The van der Waals surface area contributed by atoms with Crippen molar-refractivity contribution in [1.82, 2.24) is 20.2 Å². The number of aromatic nitrogens is 2. The molecule has 0 radical (unpaired) electrons. The maximum absolute atomic E-state index is 15.1. The molecule has 0 spiro atoms. The maximum Gasteiger partial charge on any atom is 0.257 e. The first-order valence-corrected chi connectivity index (χ1v) is 13.6. The van der Waals surface area contributed by atoms with Gasteiger partial charge >= 0.3 is 0 Å². The van der Waals surface area contributed by atoms with Gasteiger partial charge in [0.1, 0.15) is 17.4 Å². The van der Waals surface area contributed by atoms with Crippen molar-refractivity contribution < 1.29 is 35.9 Å². The normalized spacial score (nSPS) is 20.7. The number of carbonyl (C=O) groups is 1. The van der Waals surface area contributed by atoms with Crippen molar-refractivity contribution in [1.29, 1.82) is 0 Å². The van der Waals surface area contributed by atoms with Gasteiger partial charge in [-0.15, -0.1) is 0 Å². The Kier molecular flexibility index (Phi) is 8.52. The van der Waals surface area contributed by atoms with Crippen LogP contribution in [-0.4, -0.2) is 57.8 Å². The van der Waals surface area contributed by atoms with E-state index in [2.05, 4.69) is 20.6 Å². The number of hydrogen-bond acceptors (Lipinski definition) is 6. The van der Waals surface area contributed by atoms with Crippen LogP contribution in [-0.2, 0) is 11.3 Å². The van der Waals surface area contributed by atoms with Crippen LogP contribution in [0.3, 0.4) is 0 Å². The third-order valence-corrected chi connectivity index (χ3v) is 7.77. The van der Waals surface area contributed by atoms with E-state index in [4.69, 9.17) is 4.74 Å². The van der Waals surface area contributed by atoms with Crippen LogP contribution in [0.15, 0.2) is 53.6 Å². The van der Waals surface area contributed by atoms with E-state index in [1.54, 1.807) is 11.8 Å². The van der Waals surface area contributed by atoms with Crippen LogP contribution >= 0.6 is 0 Å². The lowest BCUT2D eigenvalue weighted by molar-refractivity contribution is -0.125. The second-order valence-electron chi connectivity index (χ2n) is 10.9. The van der Waals surface area contributed by atoms with Crippen LogP contribution in [0.4, 0.5) is 32.2 Å². The van der Waals surface area contributed by atoms with Gasteiger partial charge in [-0.1, -0.05) is 0 Å². The van der Waals surface area contributed by atoms with Crippen LogP contribution in [0.2, 0.25) is 0 Å². The number of hydrogen-bond donors (Lipinski definition) is 3. The number of pyridine rings is 2. The zero-order chi connectivity index (χ0) is 30.9. The van der Waals surface area contributed by atoms with Crippen molar-refractivity contribution in [2.45, 2.75) is 62.6 Å². The second-order valence-corrected chi connectivity index (χ2v) is 10.9. The van der Waals surface area contributed by atoms with Crippen LogP contribution in [0.25, 0.3) is 0 Å². The summed E-state index contributed by atoms with van der Waals surface area (Å²) in [5.41, 5.74) is -0.169. The van der Waals surface area contributed by atoms with Crippen LogP contribution < -0.4 is 20.9 Å². The molecular formula is C29H29F6N5O3. The summed E-state index contributed by atoms with van der Waals surface area (Å²) in [6.45, 7) is 1.29. The number of piperidine rings is 1. The molecule has 2 aliphatic rings. The molecule has 0 bridgehead atoms. The van der Waals surface area contributed by atoms with E-state index in [-0.39, 0.29) is 60.9 Å². The molecule has 1 aromatic carbocycles. The number of anilines is 1. The molecule has 230 valence electrons. The summed E-state index contributed by atoms with van der Waals surface area (Å²) >= 11 is 0. The molecule has 5 rings (SSSR count). The highest BCUT2D eigenvalue weighted by Gasteiger charge is 2.47. The Morgan fingerprint density at radius 2 is 1.93 bits per heavy atom. The van der Waals surface area contributed by atoms with Crippen LogP contribution in [0, 0.1) is 11.6 Å². The minimum absolute atomic E-state index is 0.0413. The third kappa shape index (κ3) is 7.19. The van der Waals surface area contributed by atoms with Crippen molar-refractivity contribution in [3.8, 4) is 11.5 Å². The van der Waals surface area contributed by atoms with E-state index in [0.717, 1.165) is 12.1 Å². The number of amides is 1. The number of ether oxygens (including phenoxy) is 1. The molecule has 8 nitrogen and oxygen atoms in total. The lowest BCUT2D eigenvalue weighted by Gasteiger charge is -2.40. The first kappa shape index (κ1) is 30.5. The monoisotopic (exact) mass is 609 g/mol. The number of rotatable bonds is 9. The highest BCUT2D eigenvalue weighted by molar-refractivity contribution is 5.93. The summed E-state index contributed by atoms with van der Waals surface area (Å²) in [4.78, 5) is 33.4. The first-order chi connectivity index (χ1) is 20.3. The Balaban J connectivity index is 1.21. The van der Waals surface area contributed by atoms with E-state index in [1.807, 2.05) is 0 Å². The number of halogens is 6. The Morgan fingerprint density at radius 3 is 2.60 bits per heavy atom. The van der Waals surface area contributed by atoms with Crippen LogP contribution in [0.1, 0.15) is 43.2 Å². The van der Waals surface area contributed by atoms with Crippen molar-refractivity contribution >= 4 is 11.7 Å². The molecule has 14 heteroatoms. The molecule has 2 aromatic heterocycles. The SMILES string of the molecule is CC(C(=O)Nc1ccc(Oc2ccc(F)cc2F)cn1)N1CCC(F)(F)C(c2c[nH]c(=O)c(CNC3CC(F)(F)C3)c2)C1. The van der Waals surface area contributed by atoms with E-state index in [9.17, 15) is 27.2 Å². The minimum atomic E-state index is -3.12. The second kappa shape index (κ2) is 12.0. The van der Waals surface area contributed by atoms with Gasteiger partial charge in [0.15, 0.2) is 11.6 Å². The lowest BCUT2D eigenvalue weighted by atomic mass is 9.86. The van der Waals surface area contributed by atoms with Gasteiger partial charge < -0.3 is 20.4 Å². The number of aromatic amines is 1. The molecule has 1 aliphatic carbocycles. The van der Waals surface area contributed by atoms with Gasteiger partial charge in [0.25, 0.3) is 17.4 Å². The Hall–Kier alpha value is -3.91. The number of nitrogens with zero attached hydrogens (tertiary/aromatic N) is 2. The highest BCUT2D eigenvalue weighted by atomic mass is 19.3. The van der Waals surface area contributed by atoms with Crippen molar-refractivity contribution in [3.63, 3.8) is 0 Å². The fourth-order valence-corrected chi connectivity index (χ4v) is 5.17. The number of H-pyrrole nitrogens is 1. The van der Waals surface area contributed by atoms with E-state index >= 15 is 8.78 Å². The van der Waals surface area contributed by atoms with Crippen LogP contribution in [0.5, 0.6) is 11.5 Å². The predicted octanol–water partition coefficient (Wildman–Crippen LogP) is 5.18. The van der Waals surface area contributed by atoms with Gasteiger partial charge in [0, 0.05) is 62.8 Å². The molecule has 43 heavy (non-hydrogen) atoms. The fourth-order valence-electron chi connectivity index (χ4n) is 5.17. The van der Waals surface area contributed by atoms with Gasteiger partial charge in [-0.25, -0.2) is 31.3 Å². The standard InChI is InChI=1S/C29H29F6N5O3/c1-16(26(41)39-25-5-3-21(14-37-25)43-24-4-2-19(30)9-23(24)31)40-7-6-29(34,35)22(15-40)17-8-18(27(42)38-12-17)13-36-20-10-28(32,33)11-20/h2-5,8-9,12,14,16,20,22,36H,6-7,10-11,13,15H2,1H3,(H,38,42)(H,37,39,41). The summed E-state index contributed by atoms with van der Waals surface area (Å²) < 4.78 is 88.7.